The maximum absolute atomic E-state index is 13.3. The molecule has 2 saturated heterocycles. The molecule has 2 aromatic rings. The number of hydrogen-bond donors (Lipinski definition) is 1. The predicted octanol–water partition coefficient (Wildman–Crippen LogP) is 3.35. The zero-order valence-corrected chi connectivity index (χ0v) is 18.2. The summed E-state index contributed by atoms with van der Waals surface area (Å²) in [7, 11) is -3.92. The minimum absolute atomic E-state index is 0.0603. The molecular weight excluding hydrogens is 426 g/mol. The lowest BCUT2D eigenvalue weighted by atomic mass is 10.0. The lowest BCUT2D eigenvalue weighted by Crippen LogP contribution is -2.64. The van der Waals surface area contributed by atoms with E-state index < -0.39 is 34.0 Å². The fraction of sp³-hybridized carbons (Fsp3) is 0.333. The van der Waals surface area contributed by atoms with Gasteiger partial charge in [0.25, 0.3) is 5.91 Å². The van der Waals surface area contributed by atoms with Crippen LogP contribution in [-0.2, 0) is 14.8 Å². The van der Waals surface area contributed by atoms with E-state index in [4.69, 9.17) is 11.6 Å². The smallest absolute Gasteiger partial charge is 0.329 e. The molecule has 0 radical (unpaired) electrons. The van der Waals surface area contributed by atoms with E-state index in [0.29, 0.717) is 23.0 Å². The van der Waals surface area contributed by atoms with Crippen molar-refractivity contribution < 1.29 is 18.0 Å². The van der Waals surface area contributed by atoms with Gasteiger partial charge in [-0.15, -0.1) is 0 Å². The number of fused-ring (bicyclic) bond motifs is 1. The van der Waals surface area contributed by atoms with Crippen LogP contribution in [0, 0.1) is 0 Å². The summed E-state index contributed by atoms with van der Waals surface area (Å²) in [5.41, 5.74) is 1.49. The largest absolute Gasteiger partial charge is 0.332 e. The van der Waals surface area contributed by atoms with Crippen LogP contribution < -0.4 is 10.2 Å². The van der Waals surface area contributed by atoms with Crippen LogP contribution in [-0.4, -0.2) is 43.3 Å². The second kappa shape index (κ2) is 7.68. The van der Waals surface area contributed by atoms with Crippen molar-refractivity contribution in [1.29, 1.82) is 0 Å². The molecule has 7 nitrogen and oxygen atoms in total. The van der Waals surface area contributed by atoms with E-state index >= 15 is 0 Å². The molecule has 2 heterocycles. The van der Waals surface area contributed by atoms with E-state index in [1.807, 2.05) is 12.1 Å². The van der Waals surface area contributed by atoms with Gasteiger partial charge in [0, 0.05) is 11.6 Å². The molecule has 1 N–H and O–H groups in total. The number of rotatable bonds is 4. The molecule has 2 aromatic carbocycles. The van der Waals surface area contributed by atoms with Crippen LogP contribution >= 0.6 is 11.6 Å². The van der Waals surface area contributed by atoms with Gasteiger partial charge < -0.3 is 5.32 Å². The topological polar surface area (TPSA) is 86.8 Å². The molecule has 3 amide bonds. The molecule has 2 atom stereocenters. The Balaban J connectivity index is 1.67. The van der Waals surface area contributed by atoms with Gasteiger partial charge >= 0.3 is 6.03 Å². The lowest BCUT2D eigenvalue weighted by Gasteiger charge is -2.36. The molecule has 0 saturated carbocycles. The fourth-order valence-corrected chi connectivity index (χ4v) is 5.69. The Morgan fingerprint density at radius 1 is 1.03 bits per heavy atom. The van der Waals surface area contributed by atoms with Gasteiger partial charge in [0.1, 0.15) is 6.04 Å². The van der Waals surface area contributed by atoms with Gasteiger partial charge in [-0.1, -0.05) is 37.6 Å². The van der Waals surface area contributed by atoms with Crippen molar-refractivity contribution in [3.05, 3.63) is 59.1 Å². The highest BCUT2D eigenvalue weighted by Gasteiger charge is 2.52. The molecular formula is C21H22ClN3O4S. The van der Waals surface area contributed by atoms with Crippen molar-refractivity contribution in [2.75, 3.05) is 11.4 Å². The highest BCUT2D eigenvalue weighted by molar-refractivity contribution is 7.89. The number of anilines is 1. The Hall–Kier alpha value is -2.42. The van der Waals surface area contributed by atoms with Crippen molar-refractivity contribution >= 4 is 39.2 Å². The summed E-state index contributed by atoms with van der Waals surface area (Å²) >= 11 is 5.87. The summed E-state index contributed by atoms with van der Waals surface area (Å²) in [4.78, 5) is 27.0. The summed E-state index contributed by atoms with van der Waals surface area (Å²) in [6.07, 6.45) is 0.370. The Kier molecular flexibility index (Phi) is 5.34. The van der Waals surface area contributed by atoms with Crippen molar-refractivity contribution in [3.63, 3.8) is 0 Å². The third-order valence-corrected chi connectivity index (χ3v) is 7.72. The first-order chi connectivity index (χ1) is 14.2. The third-order valence-electron chi connectivity index (χ3n) is 5.58. The standard InChI is InChI=1S/C21H22ClN3O4S/c1-13(2)14-3-7-16(8-4-14)25-20(26)19-18(23-21(25)27)11-12-24(19)30(28,29)17-9-5-15(22)6-10-17/h3-10,13,18-19H,11-12H2,1-2H3,(H,23,27)/t18-,19-/m1/s1. The number of halogens is 1. The molecule has 158 valence electrons. The predicted molar refractivity (Wildman–Crippen MR) is 114 cm³/mol. The molecule has 0 aliphatic carbocycles. The highest BCUT2D eigenvalue weighted by Crippen LogP contribution is 2.32. The molecule has 0 aromatic heterocycles. The number of imide groups is 1. The molecule has 0 unspecified atom stereocenters. The number of benzene rings is 2. The molecule has 2 fully saturated rings. The van der Waals surface area contributed by atoms with Crippen molar-refractivity contribution in [2.24, 2.45) is 0 Å². The number of hydrogen-bond acceptors (Lipinski definition) is 4. The Bertz CT molecular complexity index is 1080. The molecule has 0 spiro atoms. The second-order valence-corrected chi connectivity index (χ2v) is 10.1. The fourth-order valence-electron chi connectivity index (χ4n) is 3.93. The van der Waals surface area contributed by atoms with Gasteiger partial charge in [-0.25, -0.2) is 18.1 Å². The Labute approximate surface area is 180 Å². The van der Waals surface area contributed by atoms with E-state index in [2.05, 4.69) is 19.2 Å². The zero-order valence-electron chi connectivity index (χ0n) is 16.6. The first-order valence-corrected chi connectivity index (χ1v) is 11.5. The first-order valence-electron chi connectivity index (χ1n) is 9.72. The Morgan fingerprint density at radius 2 is 1.67 bits per heavy atom. The second-order valence-electron chi connectivity index (χ2n) is 7.78. The van der Waals surface area contributed by atoms with Gasteiger partial charge in [-0.3, -0.25) is 4.79 Å². The van der Waals surface area contributed by atoms with Crippen LogP contribution in [0.4, 0.5) is 10.5 Å². The van der Waals surface area contributed by atoms with E-state index in [0.717, 1.165) is 10.5 Å². The van der Waals surface area contributed by atoms with Gasteiger partial charge in [-0.05, 0) is 54.3 Å². The molecule has 2 aliphatic rings. The monoisotopic (exact) mass is 447 g/mol. The number of nitrogens with zero attached hydrogens (tertiary/aromatic N) is 2. The highest BCUT2D eigenvalue weighted by atomic mass is 35.5. The average molecular weight is 448 g/mol. The summed E-state index contributed by atoms with van der Waals surface area (Å²) in [6.45, 7) is 4.25. The van der Waals surface area contributed by atoms with Crippen LogP contribution in [0.3, 0.4) is 0 Å². The number of urea groups is 1. The number of nitrogens with one attached hydrogen (secondary N) is 1. The summed E-state index contributed by atoms with van der Waals surface area (Å²) in [6, 6.07) is 10.9. The molecule has 9 heteroatoms. The normalized spacial score (nSPS) is 22.3. The van der Waals surface area contributed by atoms with Crippen LogP contribution in [0.25, 0.3) is 0 Å². The van der Waals surface area contributed by atoms with Crippen LogP contribution in [0.1, 0.15) is 31.7 Å². The molecule has 4 rings (SSSR count). The summed E-state index contributed by atoms with van der Waals surface area (Å²) < 4.78 is 27.6. The molecule has 0 bridgehead atoms. The van der Waals surface area contributed by atoms with Crippen LogP contribution in [0.2, 0.25) is 5.02 Å². The minimum atomic E-state index is -3.92. The van der Waals surface area contributed by atoms with Crippen molar-refractivity contribution in [1.82, 2.24) is 9.62 Å². The van der Waals surface area contributed by atoms with Crippen molar-refractivity contribution in [2.45, 2.75) is 43.2 Å². The average Bonchev–Trinajstić information content (AvgIpc) is 3.13. The van der Waals surface area contributed by atoms with E-state index in [9.17, 15) is 18.0 Å². The minimum Gasteiger partial charge on any atom is -0.332 e. The molecule has 30 heavy (non-hydrogen) atoms. The van der Waals surface area contributed by atoms with Crippen LogP contribution in [0.5, 0.6) is 0 Å². The Morgan fingerprint density at radius 3 is 2.27 bits per heavy atom. The van der Waals surface area contributed by atoms with Crippen molar-refractivity contribution in [3.8, 4) is 0 Å². The maximum Gasteiger partial charge on any atom is 0.329 e. The van der Waals surface area contributed by atoms with Gasteiger partial charge in [0.2, 0.25) is 10.0 Å². The van der Waals surface area contributed by atoms with Gasteiger partial charge in [0.05, 0.1) is 16.6 Å². The number of carbonyl (C=O) groups excluding carboxylic acids is 2. The first kappa shape index (κ1) is 20.8. The van der Waals surface area contributed by atoms with E-state index in [1.165, 1.54) is 28.6 Å². The van der Waals surface area contributed by atoms with Gasteiger partial charge in [0.15, 0.2) is 0 Å². The number of sulfonamides is 1. The summed E-state index contributed by atoms with van der Waals surface area (Å²) in [5, 5.41) is 3.22. The lowest BCUT2D eigenvalue weighted by molar-refractivity contribution is -0.122. The third kappa shape index (κ3) is 3.49. The van der Waals surface area contributed by atoms with Gasteiger partial charge in [-0.2, -0.15) is 4.31 Å². The van der Waals surface area contributed by atoms with E-state index in [1.54, 1.807) is 12.1 Å². The van der Waals surface area contributed by atoms with Crippen LogP contribution in [0.15, 0.2) is 53.4 Å². The van der Waals surface area contributed by atoms with E-state index in [-0.39, 0.29) is 11.4 Å². The molecule has 2 aliphatic heterocycles. The zero-order chi connectivity index (χ0) is 21.6. The SMILES string of the molecule is CC(C)c1ccc(N2C(=O)N[C@@H]3CCN(S(=O)(=O)c4ccc(Cl)cc4)[C@H]3C2=O)cc1. The summed E-state index contributed by atoms with van der Waals surface area (Å²) in [5.74, 6) is -0.236. The maximum atomic E-state index is 13.3. The quantitative estimate of drug-likeness (QED) is 0.778. The number of amides is 3. The number of carbonyl (C=O) groups is 2.